The Labute approximate surface area is 108 Å². The molecule has 18 heavy (non-hydrogen) atoms. The van der Waals surface area contributed by atoms with Crippen LogP contribution in [-0.4, -0.2) is 21.4 Å². The fraction of sp³-hybridized carbons (Fsp3) is 0.0909. The number of halogens is 1. The summed E-state index contributed by atoms with van der Waals surface area (Å²) >= 11 is 5.95. The molecule has 2 aromatic rings. The first kappa shape index (κ1) is 12.3. The molecule has 0 atom stereocenters. The second kappa shape index (κ2) is 5.42. The van der Waals surface area contributed by atoms with E-state index in [1.54, 1.807) is 13.0 Å². The molecule has 0 saturated carbocycles. The van der Waals surface area contributed by atoms with Crippen molar-refractivity contribution in [1.82, 2.24) is 15.2 Å². The predicted molar refractivity (Wildman–Crippen MR) is 70.1 cm³/mol. The monoisotopic (exact) mass is 263 g/mol. The highest BCUT2D eigenvalue weighted by atomic mass is 35.5. The minimum absolute atomic E-state index is 0.175. The van der Waals surface area contributed by atoms with E-state index >= 15 is 0 Å². The van der Waals surface area contributed by atoms with E-state index < -0.39 is 0 Å². The van der Waals surface area contributed by atoms with E-state index in [0.29, 0.717) is 10.7 Å². The number of H-pyrrole nitrogens is 1. The van der Waals surface area contributed by atoms with Crippen LogP contribution in [0.2, 0.25) is 5.02 Å². The number of aromatic nitrogens is 3. The summed E-state index contributed by atoms with van der Waals surface area (Å²) in [5.74, 6) is 0.175. The molecule has 0 radical (unpaired) electrons. The van der Waals surface area contributed by atoms with E-state index in [9.17, 15) is 4.79 Å². The van der Waals surface area contributed by atoms with E-state index in [1.165, 1.54) is 6.21 Å². The average Bonchev–Trinajstić information content (AvgIpc) is 2.36. The van der Waals surface area contributed by atoms with Gasteiger partial charge in [-0.3, -0.25) is 9.78 Å². The molecule has 0 spiro atoms. The third-order valence-corrected chi connectivity index (χ3v) is 2.48. The fourth-order valence-corrected chi connectivity index (χ4v) is 1.37. The molecule has 0 aliphatic rings. The summed E-state index contributed by atoms with van der Waals surface area (Å²) in [6.07, 6.45) is 1.53. The lowest BCUT2D eigenvalue weighted by Crippen LogP contribution is -2.15. The molecule has 92 valence electrons. The van der Waals surface area contributed by atoms with Gasteiger partial charge in [0.25, 0.3) is 5.56 Å². The Balaban J connectivity index is 2.10. The third kappa shape index (κ3) is 2.92. The van der Waals surface area contributed by atoms with E-state index in [-0.39, 0.29) is 11.5 Å². The number of benzene rings is 1. The van der Waals surface area contributed by atoms with Crippen LogP contribution in [0.4, 0.5) is 5.95 Å². The van der Waals surface area contributed by atoms with Crippen LogP contribution in [0, 0.1) is 6.92 Å². The quantitative estimate of drug-likeness (QED) is 0.650. The number of hydrogen-bond acceptors (Lipinski definition) is 5. The number of nitrogens with zero attached hydrogens (tertiary/aromatic N) is 3. The summed E-state index contributed by atoms with van der Waals surface area (Å²) in [5.41, 5.74) is 3.32. The molecule has 1 heterocycles. The smallest absolute Gasteiger partial charge is 0.274 e. The van der Waals surface area contributed by atoms with Crippen LogP contribution in [0.15, 0.2) is 34.2 Å². The molecule has 0 aliphatic carbocycles. The molecular formula is C11H10ClN5O. The summed E-state index contributed by atoms with van der Waals surface area (Å²) in [7, 11) is 0. The minimum Gasteiger partial charge on any atom is -0.288 e. The normalized spacial score (nSPS) is 10.8. The predicted octanol–water partition coefficient (Wildman–Crippen LogP) is 1.57. The van der Waals surface area contributed by atoms with Crippen molar-refractivity contribution in [3.8, 4) is 0 Å². The Bertz CT molecular complexity index is 637. The first-order chi connectivity index (χ1) is 8.66. The maximum absolute atomic E-state index is 11.3. The highest BCUT2D eigenvalue weighted by Gasteiger charge is 1.98. The zero-order valence-corrected chi connectivity index (χ0v) is 10.3. The van der Waals surface area contributed by atoms with Gasteiger partial charge in [-0.25, -0.2) is 5.43 Å². The van der Waals surface area contributed by atoms with Crippen molar-refractivity contribution in [1.29, 1.82) is 0 Å². The fourth-order valence-electron chi connectivity index (χ4n) is 1.19. The molecule has 0 amide bonds. The van der Waals surface area contributed by atoms with Crippen molar-refractivity contribution >= 4 is 23.8 Å². The second-order valence-corrected chi connectivity index (χ2v) is 3.89. The SMILES string of the molecule is Cc1nnc(N/N=C/c2ccccc2Cl)[nH]c1=O. The van der Waals surface area contributed by atoms with Crippen LogP contribution in [-0.2, 0) is 0 Å². The van der Waals surface area contributed by atoms with Crippen LogP contribution in [0.3, 0.4) is 0 Å². The molecule has 0 fully saturated rings. The van der Waals surface area contributed by atoms with Gasteiger partial charge >= 0.3 is 0 Å². The summed E-state index contributed by atoms with van der Waals surface area (Å²) in [6.45, 7) is 1.57. The van der Waals surface area contributed by atoms with Crippen molar-refractivity contribution in [3.63, 3.8) is 0 Å². The number of hydrazone groups is 1. The topological polar surface area (TPSA) is 83.0 Å². The molecule has 0 saturated heterocycles. The van der Waals surface area contributed by atoms with Crippen molar-refractivity contribution in [2.24, 2.45) is 5.10 Å². The number of aromatic amines is 1. The Morgan fingerprint density at radius 1 is 1.39 bits per heavy atom. The van der Waals surface area contributed by atoms with Gasteiger partial charge in [0.1, 0.15) is 5.69 Å². The highest BCUT2D eigenvalue weighted by molar-refractivity contribution is 6.33. The molecule has 1 aromatic heterocycles. The van der Waals surface area contributed by atoms with Gasteiger partial charge in [0, 0.05) is 10.6 Å². The van der Waals surface area contributed by atoms with Crippen LogP contribution in [0.5, 0.6) is 0 Å². The van der Waals surface area contributed by atoms with E-state index in [4.69, 9.17) is 11.6 Å². The standard InChI is InChI=1S/C11H10ClN5O/c1-7-10(18)14-11(17-15-7)16-13-6-8-4-2-3-5-9(8)12/h2-6H,1H3,(H2,14,16,17,18)/b13-6+. The third-order valence-electron chi connectivity index (χ3n) is 2.14. The molecule has 2 rings (SSSR count). The van der Waals surface area contributed by atoms with E-state index in [1.807, 2.05) is 18.2 Å². The lowest BCUT2D eigenvalue weighted by atomic mass is 10.2. The minimum atomic E-state index is -0.305. The molecule has 2 N–H and O–H groups in total. The lowest BCUT2D eigenvalue weighted by molar-refractivity contribution is 0.897. The molecule has 7 heteroatoms. The maximum Gasteiger partial charge on any atom is 0.274 e. The summed E-state index contributed by atoms with van der Waals surface area (Å²) < 4.78 is 0. The van der Waals surface area contributed by atoms with Gasteiger partial charge in [0.05, 0.1) is 6.21 Å². The van der Waals surface area contributed by atoms with Crippen molar-refractivity contribution in [3.05, 3.63) is 50.9 Å². The second-order valence-electron chi connectivity index (χ2n) is 3.48. The van der Waals surface area contributed by atoms with E-state index in [2.05, 4.69) is 25.7 Å². The van der Waals surface area contributed by atoms with Crippen molar-refractivity contribution in [2.45, 2.75) is 6.92 Å². The Morgan fingerprint density at radius 2 is 2.17 bits per heavy atom. The number of nitrogens with one attached hydrogen (secondary N) is 2. The van der Waals surface area contributed by atoms with Crippen LogP contribution >= 0.6 is 11.6 Å². The summed E-state index contributed by atoms with van der Waals surface area (Å²) in [6, 6.07) is 7.25. The first-order valence-electron chi connectivity index (χ1n) is 5.14. The van der Waals surface area contributed by atoms with Gasteiger partial charge in [-0.05, 0) is 13.0 Å². The van der Waals surface area contributed by atoms with Crippen LogP contribution in [0.1, 0.15) is 11.3 Å². The number of rotatable bonds is 3. The van der Waals surface area contributed by atoms with Crippen LogP contribution in [0.25, 0.3) is 0 Å². The van der Waals surface area contributed by atoms with Gasteiger partial charge < -0.3 is 0 Å². The molecule has 1 aromatic carbocycles. The molecule has 6 nitrogen and oxygen atoms in total. The van der Waals surface area contributed by atoms with Gasteiger partial charge in [-0.1, -0.05) is 29.8 Å². The van der Waals surface area contributed by atoms with Gasteiger partial charge in [-0.2, -0.15) is 5.10 Å². The van der Waals surface area contributed by atoms with Crippen molar-refractivity contribution < 1.29 is 0 Å². The van der Waals surface area contributed by atoms with Crippen LogP contribution < -0.4 is 11.0 Å². The Morgan fingerprint density at radius 3 is 2.89 bits per heavy atom. The zero-order chi connectivity index (χ0) is 13.0. The first-order valence-corrected chi connectivity index (χ1v) is 5.52. The zero-order valence-electron chi connectivity index (χ0n) is 9.51. The number of hydrogen-bond donors (Lipinski definition) is 2. The molecule has 0 aliphatic heterocycles. The maximum atomic E-state index is 11.3. The summed E-state index contributed by atoms with van der Waals surface area (Å²) in [5, 5.41) is 11.9. The van der Waals surface area contributed by atoms with Crippen molar-refractivity contribution in [2.75, 3.05) is 5.43 Å². The molecule has 0 bridgehead atoms. The van der Waals surface area contributed by atoms with Gasteiger partial charge in [-0.15, -0.1) is 10.2 Å². The molecule has 0 unspecified atom stereocenters. The van der Waals surface area contributed by atoms with Gasteiger partial charge in [0.2, 0.25) is 5.95 Å². The number of aryl methyl sites for hydroxylation is 1. The van der Waals surface area contributed by atoms with Gasteiger partial charge in [0.15, 0.2) is 0 Å². The van der Waals surface area contributed by atoms with E-state index in [0.717, 1.165) is 5.56 Å². The molecular weight excluding hydrogens is 254 g/mol. The largest absolute Gasteiger partial charge is 0.288 e. The number of anilines is 1. The Kier molecular flexibility index (Phi) is 3.69. The lowest BCUT2D eigenvalue weighted by Gasteiger charge is -1.99. The Hall–Kier alpha value is -2.21. The average molecular weight is 264 g/mol. The summed E-state index contributed by atoms with van der Waals surface area (Å²) in [4.78, 5) is 13.7. The highest BCUT2D eigenvalue weighted by Crippen LogP contribution is 2.12.